The molecule has 114 valence electrons. The summed E-state index contributed by atoms with van der Waals surface area (Å²) < 4.78 is 7.62. The lowest BCUT2D eigenvalue weighted by atomic mass is 9.91. The molecule has 6 nitrogen and oxygen atoms in total. The number of fused-ring (bicyclic) bond motifs is 1. The van der Waals surface area contributed by atoms with E-state index in [1.165, 1.54) is 19.3 Å². The molecule has 4 heterocycles. The van der Waals surface area contributed by atoms with E-state index in [0.717, 1.165) is 47.7 Å². The standard InChI is InChI=1S/C14H21N5OS/c1-2-9-5-6-15-10(8-9)13-18-19-12(11-4-3-7-20-11)16-17-14(19)21-13/h9-11,15H,2-8H2,1H3. The predicted octanol–water partition coefficient (Wildman–Crippen LogP) is 2.49. The van der Waals surface area contributed by atoms with E-state index >= 15 is 0 Å². The van der Waals surface area contributed by atoms with Crippen LogP contribution in [-0.4, -0.2) is 33.0 Å². The summed E-state index contributed by atoms with van der Waals surface area (Å²) >= 11 is 1.66. The van der Waals surface area contributed by atoms with Crippen molar-refractivity contribution in [1.82, 2.24) is 25.1 Å². The highest BCUT2D eigenvalue weighted by Crippen LogP contribution is 2.33. The smallest absolute Gasteiger partial charge is 0.234 e. The third kappa shape index (κ3) is 2.47. The van der Waals surface area contributed by atoms with Gasteiger partial charge in [-0.3, -0.25) is 0 Å². The van der Waals surface area contributed by atoms with Gasteiger partial charge in [-0.1, -0.05) is 24.7 Å². The molecule has 3 unspecified atom stereocenters. The SMILES string of the molecule is CCC1CCNC(c2nn3c(C4CCCO4)nnc3s2)C1. The lowest BCUT2D eigenvalue weighted by Gasteiger charge is -2.28. The fourth-order valence-electron chi connectivity index (χ4n) is 3.32. The van der Waals surface area contributed by atoms with E-state index < -0.39 is 0 Å². The van der Waals surface area contributed by atoms with Crippen molar-refractivity contribution >= 4 is 16.3 Å². The van der Waals surface area contributed by atoms with E-state index in [-0.39, 0.29) is 6.10 Å². The summed E-state index contributed by atoms with van der Waals surface area (Å²) in [5.41, 5.74) is 0. The first-order valence-electron chi connectivity index (χ1n) is 7.92. The number of ether oxygens (including phenoxy) is 1. The molecule has 0 bridgehead atoms. The second-order valence-corrected chi connectivity index (χ2v) is 6.99. The van der Waals surface area contributed by atoms with Gasteiger partial charge < -0.3 is 10.1 Å². The first-order chi connectivity index (χ1) is 10.3. The van der Waals surface area contributed by atoms with Gasteiger partial charge in [0.15, 0.2) is 5.82 Å². The Morgan fingerprint density at radius 1 is 1.38 bits per heavy atom. The summed E-state index contributed by atoms with van der Waals surface area (Å²) in [7, 11) is 0. The lowest BCUT2D eigenvalue weighted by Crippen LogP contribution is -2.31. The largest absolute Gasteiger partial charge is 0.370 e. The molecule has 0 spiro atoms. The molecule has 2 aliphatic rings. The zero-order chi connectivity index (χ0) is 14.2. The van der Waals surface area contributed by atoms with Gasteiger partial charge in [0, 0.05) is 6.61 Å². The van der Waals surface area contributed by atoms with Crippen LogP contribution in [0.25, 0.3) is 4.96 Å². The number of aromatic nitrogens is 4. The van der Waals surface area contributed by atoms with E-state index in [1.54, 1.807) is 11.3 Å². The Hall–Kier alpha value is -1.05. The molecule has 2 saturated heterocycles. The van der Waals surface area contributed by atoms with E-state index in [0.29, 0.717) is 6.04 Å². The van der Waals surface area contributed by atoms with Gasteiger partial charge in [-0.15, -0.1) is 10.2 Å². The van der Waals surface area contributed by atoms with Crippen molar-refractivity contribution in [3.8, 4) is 0 Å². The molecule has 2 aromatic heterocycles. The molecule has 0 aliphatic carbocycles. The van der Waals surface area contributed by atoms with E-state index in [9.17, 15) is 0 Å². The van der Waals surface area contributed by atoms with Crippen LogP contribution in [-0.2, 0) is 4.74 Å². The lowest BCUT2D eigenvalue weighted by molar-refractivity contribution is 0.103. The normalized spacial score (nSPS) is 30.2. The van der Waals surface area contributed by atoms with Crippen LogP contribution in [0.1, 0.15) is 62.0 Å². The highest BCUT2D eigenvalue weighted by molar-refractivity contribution is 7.16. The number of piperidine rings is 1. The monoisotopic (exact) mass is 307 g/mol. The van der Waals surface area contributed by atoms with Crippen LogP contribution in [0.15, 0.2) is 0 Å². The summed E-state index contributed by atoms with van der Waals surface area (Å²) in [5.74, 6) is 1.68. The van der Waals surface area contributed by atoms with Gasteiger partial charge in [0.2, 0.25) is 4.96 Å². The minimum Gasteiger partial charge on any atom is -0.370 e. The van der Waals surface area contributed by atoms with Crippen LogP contribution in [0.4, 0.5) is 0 Å². The average molecular weight is 307 g/mol. The van der Waals surface area contributed by atoms with Crippen molar-refractivity contribution in [3.63, 3.8) is 0 Å². The van der Waals surface area contributed by atoms with Crippen LogP contribution in [0, 0.1) is 5.92 Å². The summed E-state index contributed by atoms with van der Waals surface area (Å²) in [5, 5.41) is 18.1. The van der Waals surface area contributed by atoms with E-state index in [4.69, 9.17) is 9.84 Å². The van der Waals surface area contributed by atoms with Gasteiger partial charge in [-0.25, -0.2) is 0 Å². The molecule has 0 saturated carbocycles. The molecule has 0 amide bonds. The maximum atomic E-state index is 5.72. The van der Waals surface area contributed by atoms with Crippen LogP contribution in [0.5, 0.6) is 0 Å². The number of rotatable bonds is 3. The molecule has 0 radical (unpaired) electrons. The van der Waals surface area contributed by atoms with Gasteiger partial charge >= 0.3 is 0 Å². The van der Waals surface area contributed by atoms with Gasteiger partial charge in [0.1, 0.15) is 11.1 Å². The maximum Gasteiger partial charge on any atom is 0.234 e. The van der Waals surface area contributed by atoms with Crippen LogP contribution < -0.4 is 5.32 Å². The molecule has 7 heteroatoms. The fraction of sp³-hybridized carbons (Fsp3) is 0.786. The summed E-state index contributed by atoms with van der Waals surface area (Å²) in [6.45, 7) is 4.18. The summed E-state index contributed by atoms with van der Waals surface area (Å²) in [6, 6.07) is 0.368. The fourth-order valence-corrected chi connectivity index (χ4v) is 4.26. The van der Waals surface area contributed by atoms with Gasteiger partial charge in [-0.05, 0) is 38.1 Å². The van der Waals surface area contributed by atoms with Crippen molar-refractivity contribution < 1.29 is 4.74 Å². The summed E-state index contributed by atoms with van der Waals surface area (Å²) in [6.07, 6.45) is 5.89. The molecule has 4 rings (SSSR count). The Labute approximate surface area is 127 Å². The molecular formula is C14H21N5OS. The number of nitrogens with one attached hydrogen (secondary N) is 1. The first kappa shape index (κ1) is 13.6. The first-order valence-corrected chi connectivity index (χ1v) is 8.74. The molecule has 2 aromatic rings. The molecule has 1 N–H and O–H groups in total. The van der Waals surface area contributed by atoms with Gasteiger partial charge in [-0.2, -0.15) is 9.61 Å². The van der Waals surface area contributed by atoms with Crippen molar-refractivity contribution in [2.24, 2.45) is 5.92 Å². The number of hydrogen-bond acceptors (Lipinski definition) is 6. The predicted molar refractivity (Wildman–Crippen MR) is 80.3 cm³/mol. The Kier molecular flexibility index (Phi) is 3.64. The second-order valence-electron chi connectivity index (χ2n) is 6.00. The zero-order valence-corrected chi connectivity index (χ0v) is 13.1. The van der Waals surface area contributed by atoms with Crippen LogP contribution >= 0.6 is 11.3 Å². The van der Waals surface area contributed by atoms with Crippen molar-refractivity contribution in [3.05, 3.63) is 10.8 Å². The van der Waals surface area contributed by atoms with Crippen molar-refractivity contribution in [1.29, 1.82) is 0 Å². The Bertz CT molecular complexity index is 618. The molecular weight excluding hydrogens is 286 g/mol. The molecule has 3 atom stereocenters. The highest BCUT2D eigenvalue weighted by atomic mass is 32.1. The Morgan fingerprint density at radius 2 is 2.33 bits per heavy atom. The minimum atomic E-state index is 0.0673. The number of hydrogen-bond donors (Lipinski definition) is 1. The minimum absolute atomic E-state index is 0.0673. The number of nitrogens with zero attached hydrogens (tertiary/aromatic N) is 4. The summed E-state index contributed by atoms with van der Waals surface area (Å²) in [4.78, 5) is 0.885. The Morgan fingerprint density at radius 3 is 3.14 bits per heavy atom. The second kappa shape index (κ2) is 5.62. The van der Waals surface area contributed by atoms with Crippen molar-refractivity contribution in [2.75, 3.05) is 13.2 Å². The maximum absolute atomic E-state index is 5.72. The van der Waals surface area contributed by atoms with E-state index in [1.807, 2.05) is 4.52 Å². The molecule has 2 aliphatic heterocycles. The van der Waals surface area contributed by atoms with E-state index in [2.05, 4.69) is 22.4 Å². The molecule has 21 heavy (non-hydrogen) atoms. The zero-order valence-electron chi connectivity index (χ0n) is 12.3. The molecule has 0 aromatic carbocycles. The van der Waals surface area contributed by atoms with Gasteiger partial charge in [0.25, 0.3) is 0 Å². The molecule has 2 fully saturated rings. The highest BCUT2D eigenvalue weighted by Gasteiger charge is 2.28. The topological polar surface area (TPSA) is 64.3 Å². The quantitative estimate of drug-likeness (QED) is 0.944. The van der Waals surface area contributed by atoms with Crippen LogP contribution in [0.3, 0.4) is 0 Å². The third-order valence-corrected chi connectivity index (χ3v) is 5.65. The van der Waals surface area contributed by atoms with Crippen LogP contribution in [0.2, 0.25) is 0 Å². The average Bonchev–Trinajstić information content (AvgIpc) is 3.23. The third-order valence-electron chi connectivity index (χ3n) is 4.64. The van der Waals surface area contributed by atoms with Gasteiger partial charge in [0.05, 0.1) is 6.04 Å². The van der Waals surface area contributed by atoms with Crippen molar-refractivity contribution in [2.45, 2.75) is 51.2 Å². The Balaban J connectivity index is 1.61.